The molecule has 1 aromatic rings. The summed E-state index contributed by atoms with van der Waals surface area (Å²) in [5, 5.41) is 1.92. The van der Waals surface area contributed by atoms with Crippen LogP contribution in [0.4, 0.5) is 8.78 Å². The molecule has 0 bridgehead atoms. The predicted octanol–water partition coefficient (Wildman–Crippen LogP) is 4.45. The summed E-state index contributed by atoms with van der Waals surface area (Å²) in [7, 11) is -4.65. The van der Waals surface area contributed by atoms with Crippen molar-refractivity contribution in [1.29, 1.82) is 0 Å². The maximum absolute atomic E-state index is 13.8. The van der Waals surface area contributed by atoms with Gasteiger partial charge in [-0.2, -0.15) is 8.78 Å². The van der Waals surface area contributed by atoms with Crippen molar-refractivity contribution >= 4 is 30.4 Å². The molecule has 1 N–H and O–H groups in total. The van der Waals surface area contributed by atoms with Crippen molar-refractivity contribution in [3.8, 4) is 0 Å². The van der Waals surface area contributed by atoms with E-state index in [1.807, 2.05) is 18.9 Å². The van der Waals surface area contributed by atoms with Crippen molar-refractivity contribution < 1.29 is 32.2 Å². The molecule has 0 saturated carbocycles. The van der Waals surface area contributed by atoms with Gasteiger partial charge in [-0.15, -0.1) is 0 Å². The summed E-state index contributed by atoms with van der Waals surface area (Å²) in [5.74, 6) is -0.555. The van der Waals surface area contributed by atoms with Gasteiger partial charge in [0.15, 0.2) is 5.12 Å². The Hall–Kier alpha value is -1.28. The van der Waals surface area contributed by atoms with Crippen LogP contribution in [-0.4, -0.2) is 35.7 Å². The summed E-state index contributed by atoms with van der Waals surface area (Å²) in [4.78, 5) is 23.3. The van der Waals surface area contributed by atoms with Crippen LogP contribution in [0.1, 0.15) is 32.8 Å². The number of esters is 1. The molecule has 0 aromatic heterocycles. The molecule has 0 saturated heterocycles. The molecular formula is C18H26F2NO5PS. The topological polar surface area (TPSA) is 81.7 Å². The summed E-state index contributed by atoms with van der Waals surface area (Å²) in [6.07, 6.45) is 0.359. The normalized spacial score (nSPS) is 13.9. The van der Waals surface area contributed by atoms with Crippen molar-refractivity contribution in [3.05, 3.63) is 35.9 Å². The average Bonchev–Trinajstić information content (AvgIpc) is 2.61. The molecule has 1 atom stereocenters. The quantitative estimate of drug-likeness (QED) is 0.294. The highest BCUT2D eigenvalue weighted by molar-refractivity contribution is 8.13. The Morgan fingerprint density at radius 3 is 2.46 bits per heavy atom. The van der Waals surface area contributed by atoms with Gasteiger partial charge < -0.3 is 9.26 Å². The number of carbonyl (C=O) groups excluding carboxylic acids is 2. The second kappa shape index (κ2) is 11.7. The van der Waals surface area contributed by atoms with Crippen LogP contribution in [0.25, 0.3) is 0 Å². The summed E-state index contributed by atoms with van der Waals surface area (Å²) in [6, 6.07) is 8.83. The third-order valence-electron chi connectivity index (χ3n) is 3.39. The number of carbonyl (C=O) groups is 2. The van der Waals surface area contributed by atoms with E-state index in [0.717, 1.165) is 17.3 Å². The molecule has 0 aliphatic heterocycles. The first-order valence-corrected chi connectivity index (χ1v) is 11.4. The van der Waals surface area contributed by atoms with Gasteiger partial charge in [0.2, 0.25) is 0 Å². The molecule has 10 heteroatoms. The molecule has 0 heterocycles. The van der Waals surface area contributed by atoms with Gasteiger partial charge in [0, 0.05) is 19.1 Å². The Bertz CT molecular complexity index is 682. The number of ether oxygens (including phenoxy) is 1. The highest BCUT2D eigenvalue weighted by Gasteiger charge is 2.47. The SMILES string of the molecule is CC(C)CC(=O)SCCOP(=O)(NCC(=O)OCc1ccccc1)C(C)(F)F. The molecule has 1 aromatic carbocycles. The molecule has 0 spiro atoms. The third kappa shape index (κ3) is 9.28. The molecular weight excluding hydrogens is 411 g/mol. The largest absolute Gasteiger partial charge is 0.460 e. The lowest BCUT2D eigenvalue weighted by Crippen LogP contribution is -2.30. The van der Waals surface area contributed by atoms with E-state index >= 15 is 0 Å². The lowest BCUT2D eigenvalue weighted by atomic mass is 10.2. The lowest BCUT2D eigenvalue weighted by molar-refractivity contribution is -0.143. The van der Waals surface area contributed by atoms with Crippen LogP contribution in [0.3, 0.4) is 0 Å². The van der Waals surface area contributed by atoms with Gasteiger partial charge in [0.1, 0.15) is 13.2 Å². The van der Waals surface area contributed by atoms with E-state index < -0.39 is 25.7 Å². The zero-order chi connectivity index (χ0) is 21.2. The molecule has 0 aliphatic rings. The van der Waals surface area contributed by atoms with E-state index in [9.17, 15) is 22.9 Å². The second-order valence-corrected chi connectivity index (χ2v) is 10.1. The maximum atomic E-state index is 13.8. The number of nitrogens with one attached hydrogen (secondary N) is 1. The monoisotopic (exact) mass is 437 g/mol. The van der Waals surface area contributed by atoms with Crippen molar-refractivity contribution in [1.82, 2.24) is 5.09 Å². The third-order valence-corrected chi connectivity index (χ3v) is 6.40. The van der Waals surface area contributed by atoms with Gasteiger partial charge >= 0.3 is 19.2 Å². The summed E-state index contributed by atoms with van der Waals surface area (Å²) in [5.41, 5.74) is -2.96. The van der Waals surface area contributed by atoms with Crippen LogP contribution < -0.4 is 5.09 Å². The zero-order valence-corrected chi connectivity index (χ0v) is 17.9. The van der Waals surface area contributed by atoms with Crippen LogP contribution >= 0.6 is 19.3 Å². The van der Waals surface area contributed by atoms with E-state index in [0.29, 0.717) is 13.3 Å². The van der Waals surface area contributed by atoms with Crippen molar-refractivity contribution in [2.24, 2.45) is 5.92 Å². The zero-order valence-electron chi connectivity index (χ0n) is 16.2. The van der Waals surface area contributed by atoms with Crippen molar-refractivity contribution in [2.45, 2.75) is 39.5 Å². The van der Waals surface area contributed by atoms with Crippen molar-refractivity contribution in [3.63, 3.8) is 0 Å². The lowest BCUT2D eigenvalue weighted by Gasteiger charge is -2.24. The number of thioether (sulfide) groups is 1. The van der Waals surface area contributed by atoms with Crippen LogP contribution in [0, 0.1) is 5.92 Å². The Morgan fingerprint density at radius 2 is 1.89 bits per heavy atom. The Balaban J connectivity index is 2.47. The number of alkyl halides is 2. The van der Waals surface area contributed by atoms with Gasteiger partial charge in [0.05, 0.1) is 6.61 Å². The molecule has 28 heavy (non-hydrogen) atoms. The molecule has 0 amide bonds. The van der Waals surface area contributed by atoms with E-state index in [1.165, 1.54) is 0 Å². The molecule has 1 rings (SSSR count). The Kier molecular flexibility index (Phi) is 10.3. The minimum Gasteiger partial charge on any atom is -0.460 e. The minimum absolute atomic E-state index is 0.0242. The summed E-state index contributed by atoms with van der Waals surface area (Å²) in [6.45, 7) is 3.20. The molecule has 0 radical (unpaired) electrons. The van der Waals surface area contributed by atoms with E-state index in [2.05, 4.69) is 0 Å². The van der Waals surface area contributed by atoms with Crippen LogP contribution in [0.2, 0.25) is 0 Å². The number of rotatable bonds is 12. The molecule has 1 unspecified atom stereocenters. The van der Waals surface area contributed by atoms with Gasteiger partial charge in [-0.25, -0.2) is 5.09 Å². The predicted molar refractivity (Wildman–Crippen MR) is 105 cm³/mol. The minimum atomic E-state index is -4.65. The van der Waals surface area contributed by atoms with Gasteiger partial charge in [-0.1, -0.05) is 55.9 Å². The highest BCUT2D eigenvalue weighted by Crippen LogP contribution is 2.57. The fourth-order valence-corrected chi connectivity index (χ4v) is 4.22. The van der Waals surface area contributed by atoms with E-state index in [1.54, 1.807) is 30.3 Å². The molecule has 0 aliphatic carbocycles. The summed E-state index contributed by atoms with van der Waals surface area (Å²) < 4.78 is 49.8. The number of hydrogen-bond donors (Lipinski definition) is 1. The van der Waals surface area contributed by atoms with Gasteiger partial charge in [-0.05, 0) is 11.5 Å². The van der Waals surface area contributed by atoms with E-state index in [-0.39, 0.29) is 30.0 Å². The number of halogens is 2. The average molecular weight is 437 g/mol. The van der Waals surface area contributed by atoms with Gasteiger partial charge in [0.25, 0.3) is 0 Å². The summed E-state index contributed by atoms with van der Waals surface area (Å²) >= 11 is 0.937. The highest BCUT2D eigenvalue weighted by atomic mass is 32.2. The fourth-order valence-electron chi connectivity index (χ4n) is 1.97. The number of hydrogen-bond acceptors (Lipinski definition) is 6. The van der Waals surface area contributed by atoms with Crippen LogP contribution in [-0.2, 0) is 30.0 Å². The first kappa shape index (κ1) is 24.8. The number of benzene rings is 1. The van der Waals surface area contributed by atoms with Gasteiger partial charge in [-0.3, -0.25) is 14.2 Å². The Labute approximate surface area is 168 Å². The van der Waals surface area contributed by atoms with Crippen LogP contribution in [0.5, 0.6) is 0 Å². The maximum Gasteiger partial charge on any atom is 0.338 e. The van der Waals surface area contributed by atoms with Crippen molar-refractivity contribution in [2.75, 3.05) is 18.9 Å². The molecule has 6 nitrogen and oxygen atoms in total. The van der Waals surface area contributed by atoms with E-state index in [4.69, 9.17) is 9.26 Å². The molecule has 0 fully saturated rings. The van der Waals surface area contributed by atoms with Crippen LogP contribution in [0.15, 0.2) is 30.3 Å². The fraction of sp³-hybridized carbons (Fsp3) is 0.556. The Morgan fingerprint density at radius 1 is 1.25 bits per heavy atom. The standard InChI is InChI=1S/C18H26F2NO5PS/c1-14(2)11-17(23)28-10-9-26-27(24,18(3,19)20)21-12-16(22)25-13-15-7-5-4-6-8-15/h4-8,14H,9-13H2,1-3H3,(H,21,24). The first-order chi connectivity index (χ1) is 13.0. The smallest absolute Gasteiger partial charge is 0.338 e. The second-order valence-electron chi connectivity index (χ2n) is 6.53. The molecule has 158 valence electrons. The first-order valence-electron chi connectivity index (χ1n) is 8.76.